The third-order valence-electron chi connectivity index (χ3n) is 15.8. The molecule has 0 aromatic heterocycles. The van der Waals surface area contributed by atoms with Crippen molar-refractivity contribution in [1.29, 1.82) is 0 Å². The summed E-state index contributed by atoms with van der Waals surface area (Å²) in [5.74, 6) is -2.30. The molecule has 0 aromatic carbocycles. The van der Waals surface area contributed by atoms with Crippen molar-refractivity contribution in [3.63, 3.8) is 0 Å². The Labute approximate surface area is 617 Å². The van der Waals surface area contributed by atoms with Gasteiger partial charge in [0.25, 0.3) is 0 Å². The van der Waals surface area contributed by atoms with Crippen LogP contribution in [0, 0.1) is 0 Å². The number of phosphoric acid groups is 2. The van der Waals surface area contributed by atoms with E-state index in [9.17, 15) is 43.2 Å². The molecule has 582 valence electrons. The van der Waals surface area contributed by atoms with Crippen LogP contribution in [-0.2, 0) is 65.4 Å². The number of esters is 4. The predicted molar refractivity (Wildman–Crippen MR) is 417 cm³/mol. The number of hydrogen-bond donors (Lipinski definition) is 3. The number of carbonyl (C=O) groups is 4. The molecule has 0 radical (unpaired) electrons. The van der Waals surface area contributed by atoms with Crippen LogP contribution in [0.1, 0.15) is 297 Å². The third kappa shape index (κ3) is 73.3. The molecule has 0 aliphatic rings. The number of carbonyl (C=O) groups excluding carboxylic acids is 4. The van der Waals surface area contributed by atoms with E-state index in [1.54, 1.807) is 0 Å². The molecule has 3 N–H and O–H groups in total. The Hall–Kier alpha value is -5.06. The van der Waals surface area contributed by atoms with Crippen molar-refractivity contribution in [2.75, 3.05) is 39.6 Å². The molecule has 0 saturated carbocycles. The number of ether oxygens (including phenoxy) is 4. The first kappa shape index (κ1) is 96.9. The lowest BCUT2D eigenvalue weighted by Crippen LogP contribution is -2.30. The van der Waals surface area contributed by atoms with Gasteiger partial charge in [-0.3, -0.25) is 37.3 Å². The first-order chi connectivity index (χ1) is 49.7. The van der Waals surface area contributed by atoms with Gasteiger partial charge in [-0.1, -0.05) is 263 Å². The van der Waals surface area contributed by atoms with Crippen LogP contribution < -0.4 is 0 Å². The Morgan fingerprint density at radius 1 is 0.284 bits per heavy atom. The van der Waals surface area contributed by atoms with Gasteiger partial charge in [-0.05, 0) is 154 Å². The molecule has 102 heavy (non-hydrogen) atoms. The maximum absolute atomic E-state index is 13.1. The highest BCUT2D eigenvalue weighted by Crippen LogP contribution is 2.45. The van der Waals surface area contributed by atoms with E-state index in [0.29, 0.717) is 32.1 Å². The first-order valence-electron chi connectivity index (χ1n) is 39.1. The van der Waals surface area contributed by atoms with Crippen molar-refractivity contribution in [1.82, 2.24) is 0 Å². The second-order valence-corrected chi connectivity index (χ2v) is 28.4. The molecule has 0 aliphatic heterocycles. The smallest absolute Gasteiger partial charge is 0.462 e. The van der Waals surface area contributed by atoms with Crippen LogP contribution in [0.4, 0.5) is 0 Å². The Bertz CT molecular complexity index is 2510. The lowest BCUT2D eigenvalue weighted by Gasteiger charge is -2.21. The van der Waals surface area contributed by atoms with Gasteiger partial charge in [0, 0.05) is 25.7 Å². The van der Waals surface area contributed by atoms with Crippen molar-refractivity contribution in [3.05, 3.63) is 146 Å². The van der Waals surface area contributed by atoms with E-state index in [2.05, 4.69) is 161 Å². The molecule has 0 amide bonds. The summed E-state index contributed by atoms with van der Waals surface area (Å²) >= 11 is 0. The summed E-state index contributed by atoms with van der Waals surface area (Å²) in [5.41, 5.74) is 0. The van der Waals surface area contributed by atoms with Crippen molar-refractivity contribution in [3.8, 4) is 0 Å². The van der Waals surface area contributed by atoms with E-state index in [-0.39, 0.29) is 25.7 Å². The first-order valence-corrected chi connectivity index (χ1v) is 42.1. The Morgan fingerprint density at radius 3 is 0.873 bits per heavy atom. The average molecular weight is 1470 g/mol. The number of aliphatic hydroxyl groups is 1. The fourth-order valence-corrected chi connectivity index (χ4v) is 11.4. The summed E-state index contributed by atoms with van der Waals surface area (Å²) in [4.78, 5) is 72.9. The van der Waals surface area contributed by atoms with Crippen molar-refractivity contribution >= 4 is 39.5 Å². The van der Waals surface area contributed by atoms with E-state index >= 15 is 0 Å². The minimum atomic E-state index is -5.00. The van der Waals surface area contributed by atoms with Crippen LogP contribution in [0.3, 0.4) is 0 Å². The van der Waals surface area contributed by atoms with Crippen LogP contribution in [0.5, 0.6) is 0 Å². The molecule has 0 heterocycles. The van der Waals surface area contributed by atoms with E-state index in [4.69, 9.17) is 37.0 Å². The van der Waals surface area contributed by atoms with Gasteiger partial charge in [-0.15, -0.1) is 0 Å². The number of rotatable bonds is 72. The van der Waals surface area contributed by atoms with Gasteiger partial charge in [0.05, 0.1) is 26.4 Å². The van der Waals surface area contributed by atoms with Gasteiger partial charge < -0.3 is 33.8 Å². The molecule has 0 aliphatic carbocycles. The molecule has 0 rings (SSSR count). The lowest BCUT2D eigenvalue weighted by atomic mass is 10.1. The maximum atomic E-state index is 13.1. The second-order valence-electron chi connectivity index (χ2n) is 25.5. The average Bonchev–Trinajstić information content (AvgIpc) is 0.921. The number of allylic oxidation sites excluding steroid dienone is 24. The van der Waals surface area contributed by atoms with Crippen LogP contribution in [0.2, 0.25) is 0 Å². The SMILES string of the molecule is CC/C=C\C/C=C\C/C=C\C/C=C\C/C=C\CCCCCC(=O)OCC(COP(=O)(O)OCC(O)COP(=O)(O)OCC(COC(=O)CCCCCCC/C=C\CCCCCCCC)OC(=O)CCCCCCC/C=C\CCCC)OC(=O)CCC/C=C\C/C=C\C/C=C\C/C=C\C/C=C\CC. The van der Waals surface area contributed by atoms with Gasteiger partial charge in [0.2, 0.25) is 0 Å². The standard InChI is InChI=1S/C83H138O17P2/c1-5-9-13-17-21-25-29-32-35-37-38-40-42-45-49-52-56-60-64-68-81(86)94-74-79(100-83(88)70-66-62-58-54-50-46-43-39-36-33-30-26-22-18-14-10-6-2)76-98-102(91,92)96-72-77(84)71-95-101(89,90)97-75-78(99-82(87)69-65-61-57-53-47-28-24-20-16-12-8-4)73-93-80(85)67-63-59-55-51-48-44-41-34-31-27-23-19-15-11-7-3/h9-10,13-14,20-22,24-26,32-36,38,40-41,43,45-46,49,54,58,77-79,84H,5-8,11-12,15-19,23,27-31,37,39,42,44,47-48,50-53,55-57,59-76H2,1-4H3,(H,89,90)(H,91,92)/b13-9-,14-10-,24-20-,25-21-,26-22-,35-32-,36-33-,40-38-,41-34-,46-43-,49-45-,58-54-. The predicted octanol–water partition coefficient (Wildman–Crippen LogP) is 22.7. The molecule has 19 heteroatoms. The summed E-state index contributed by atoms with van der Waals surface area (Å²) in [6.07, 6.45) is 84.2. The van der Waals surface area contributed by atoms with Crippen LogP contribution in [0.25, 0.3) is 0 Å². The monoisotopic (exact) mass is 1470 g/mol. The maximum Gasteiger partial charge on any atom is 0.472 e. The Morgan fingerprint density at radius 2 is 0.529 bits per heavy atom. The molecule has 0 spiro atoms. The number of unbranched alkanes of at least 4 members (excludes halogenated alkanes) is 22. The summed E-state index contributed by atoms with van der Waals surface area (Å²) in [6.45, 7) is 4.47. The quantitative estimate of drug-likeness (QED) is 0.0169. The number of aliphatic hydroxyl groups excluding tert-OH is 1. The van der Waals surface area contributed by atoms with Gasteiger partial charge in [0.15, 0.2) is 12.2 Å². The summed E-state index contributed by atoms with van der Waals surface area (Å²) < 4.78 is 68.4. The fraction of sp³-hybridized carbons (Fsp3) is 0.663. The largest absolute Gasteiger partial charge is 0.472 e. The lowest BCUT2D eigenvalue weighted by molar-refractivity contribution is -0.161. The molecular weight excluding hydrogens is 1330 g/mol. The van der Waals surface area contributed by atoms with E-state index in [0.717, 1.165) is 161 Å². The molecule has 0 bridgehead atoms. The number of phosphoric ester groups is 2. The second kappa shape index (κ2) is 74.2. The van der Waals surface area contributed by atoms with Gasteiger partial charge in [-0.2, -0.15) is 0 Å². The third-order valence-corrected chi connectivity index (χ3v) is 17.7. The van der Waals surface area contributed by atoms with Crippen molar-refractivity contribution < 1.29 is 80.2 Å². The van der Waals surface area contributed by atoms with E-state index in [1.807, 2.05) is 12.2 Å². The normalized spacial score (nSPS) is 14.7. The summed E-state index contributed by atoms with van der Waals surface area (Å²) in [5, 5.41) is 10.6. The van der Waals surface area contributed by atoms with Gasteiger partial charge >= 0.3 is 39.5 Å². The molecule has 5 unspecified atom stereocenters. The minimum absolute atomic E-state index is 0.00409. The van der Waals surface area contributed by atoms with Crippen LogP contribution in [0.15, 0.2) is 146 Å². The fourth-order valence-electron chi connectivity index (χ4n) is 9.85. The highest BCUT2D eigenvalue weighted by molar-refractivity contribution is 7.47. The minimum Gasteiger partial charge on any atom is -0.462 e. The van der Waals surface area contributed by atoms with Gasteiger partial charge in [0.1, 0.15) is 19.3 Å². The van der Waals surface area contributed by atoms with E-state index in [1.165, 1.54) is 51.4 Å². The van der Waals surface area contributed by atoms with Crippen molar-refractivity contribution in [2.24, 2.45) is 0 Å². The molecule has 17 nitrogen and oxygen atoms in total. The zero-order chi connectivity index (χ0) is 74.6. The summed E-state index contributed by atoms with van der Waals surface area (Å²) in [6, 6.07) is 0. The van der Waals surface area contributed by atoms with Gasteiger partial charge in [-0.25, -0.2) is 9.13 Å². The Kier molecular flexibility index (Phi) is 70.5. The Balaban J connectivity index is 5.44. The number of hydrogen-bond acceptors (Lipinski definition) is 15. The van der Waals surface area contributed by atoms with Crippen LogP contribution in [-0.4, -0.2) is 96.7 Å². The molecule has 5 atom stereocenters. The van der Waals surface area contributed by atoms with E-state index < -0.39 is 97.5 Å². The topological polar surface area (TPSA) is 237 Å². The molecule has 0 fully saturated rings. The van der Waals surface area contributed by atoms with Crippen LogP contribution >= 0.6 is 15.6 Å². The zero-order valence-corrected chi connectivity index (χ0v) is 65.3. The highest BCUT2D eigenvalue weighted by atomic mass is 31.2. The zero-order valence-electron chi connectivity index (χ0n) is 63.5. The summed E-state index contributed by atoms with van der Waals surface area (Å²) in [7, 11) is -9.99. The molecule has 0 aromatic rings. The van der Waals surface area contributed by atoms with Crippen molar-refractivity contribution in [2.45, 2.75) is 316 Å². The highest BCUT2D eigenvalue weighted by Gasteiger charge is 2.30. The molecular formula is C83H138O17P2. The molecule has 0 saturated heterocycles.